The smallest absolute Gasteiger partial charge is 0.180 e. The molecule has 4 N–H and O–H groups in total. The SMILES string of the molecule is Nc1ccc(I)cc1C(O)O. The summed E-state index contributed by atoms with van der Waals surface area (Å²) >= 11 is 2.08. The Hall–Kier alpha value is -0.330. The molecule has 0 aliphatic heterocycles. The molecular formula is C7H8INO2. The van der Waals surface area contributed by atoms with Crippen LogP contribution in [0.15, 0.2) is 18.2 Å². The van der Waals surface area contributed by atoms with Crippen molar-refractivity contribution >= 4 is 28.3 Å². The van der Waals surface area contributed by atoms with Crippen LogP contribution in [0.1, 0.15) is 11.9 Å². The number of anilines is 1. The Bertz CT molecular complexity index is 263. The van der Waals surface area contributed by atoms with E-state index in [0.717, 1.165) is 3.57 Å². The summed E-state index contributed by atoms with van der Waals surface area (Å²) < 4.78 is 0.930. The molecule has 0 unspecified atom stereocenters. The minimum Gasteiger partial charge on any atom is -0.398 e. The molecule has 0 radical (unpaired) electrons. The third-order valence-corrected chi connectivity index (χ3v) is 2.00. The van der Waals surface area contributed by atoms with Crippen molar-refractivity contribution in [3.8, 4) is 0 Å². The normalized spacial score (nSPS) is 10.5. The average Bonchev–Trinajstić information content (AvgIpc) is 1.94. The van der Waals surface area contributed by atoms with Gasteiger partial charge >= 0.3 is 0 Å². The molecule has 1 rings (SSSR count). The molecule has 0 aliphatic carbocycles. The molecule has 0 bridgehead atoms. The van der Waals surface area contributed by atoms with Crippen molar-refractivity contribution in [2.45, 2.75) is 6.29 Å². The highest BCUT2D eigenvalue weighted by Gasteiger charge is 2.06. The number of hydrogen-bond donors (Lipinski definition) is 3. The predicted molar refractivity (Wildman–Crippen MR) is 50.8 cm³/mol. The number of benzene rings is 1. The fraction of sp³-hybridized carbons (Fsp3) is 0.143. The molecule has 0 aliphatic rings. The molecule has 0 aromatic heterocycles. The second-order valence-corrected chi connectivity index (χ2v) is 3.39. The summed E-state index contributed by atoms with van der Waals surface area (Å²) in [5.41, 5.74) is 6.23. The molecule has 0 saturated heterocycles. The average molecular weight is 265 g/mol. The van der Waals surface area contributed by atoms with Gasteiger partial charge in [0.2, 0.25) is 0 Å². The topological polar surface area (TPSA) is 66.5 Å². The van der Waals surface area contributed by atoms with Crippen molar-refractivity contribution in [3.63, 3.8) is 0 Å². The molecule has 0 atom stereocenters. The van der Waals surface area contributed by atoms with E-state index < -0.39 is 6.29 Å². The highest BCUT2D eigenvalue weighted by molar-refractivity contribution is 14.1. The van der Waals surface area contributed by atoms with Crippen molar-refractivity contribution in [2.24, 2.45) is 0 Å². The molecule has 4 heteroatoms. The van der Waals surface area contributed by atoms with Crippen LogP contribution in [-0.2, 0) is 0 Å². The molecule has 0 spiro atoms. The maximum absolute atomic E-state index is 8.80. The van der Waals surface area contributed by atoms with Crippen LogP contribution in [0.5, 0.6) is 0 Å². The van der Waals surface area contributed by atoms with Gasteiger partial charge in [0, 0.05) is 14.8 Å². The van der Waals surface area contributed by atoms with Crippen LogP contribution in [0, 0.1) is 3.57 Å². The van der Waals surface area contributed by atoms with E-state index >= 15 is 0 Å². The number of nitrogens with two attached hydrogens (primary N) is 1. The van der Waals surface area contributed by atoms with Gasteiger partial charge in [0.25, 0.3) is 0 Å². The first kappa shape index (κ1) is 8.76. The summed E-state index contributed by atoms with van der Waals surface area (Å²) in [7, 11) is 0. The molecule has 3 nitrogen and oxygen atoms in total. The second-order valence-electron chi connectivity index (χ2n) is 2.15. The van der Waals surface area contributed by atoms with Crippen LogP contribution in [-0.4, -0.2) is 10.2 Å². The fourth-order valence-corrected chi connectivity index (χ4v) is 1.28. The zero-order chi connectivity index (χ0) is 8.43. The third kappa shape index (κ3) is 2.05. The molecule has 0 fully saturated rings. The highest BCUT2D eigenvalue weighted by atomic mass is 127. The number of aliphatic hydroxyl groups is 2. The van der Waals surface area contributed by atoms with Gasteiger partial charge in [-0.05, 0) is 40.8 Å². The Morgan fingerprint density at radius 2 is 2.00 bits per heavy atom. The first-order valence-corrected chi connectivity index (χ1v) is 4.10. The van der Waals surface area contributed by atoms with E-state index in [0.29, 0.717) is 11.3 Å². The predicted octanol–water partition coefficient (Wildman–Crippen LogP) is 0.857. The van der Waals surface area contributed by atoms with E-state index in [1.807, 2.05) is 6.07 Å². The van der Waals surface area contributed by atoms with Gasteiger partial charge in [-0.15, -0.1) is 0 Å². The Morgan fingerprint density at radius 3 is 2.45 bits per heavy atom. The Kier molecular flexibility index (Phi) is 2.69. The van der Waals surface area contributed by atoms with Gasteiger partial charge in [0.15, 0.2) is 6.29 Å². The minimum absolute atomic E-state index is 0.358. The van der Waals surface area contributed by atoms with E-state index in [1.54, 1.807) is 12.1 Å². The molecule has 0 saturated carbocycles. The number of aliphatic hydroxyl groups excluding tert-OH is 1. The summed E-state index contributed by atoms with van der Waals surface area (Å²) in [5, 5.41) is 17.6. The third-order valence-electron chi connectivity index (χ3n) is 1.33. The Balaban J connectivity index is 3.13. The second kappa shape index (κ2) is 3.38. The zero-order valence-corrected chi connectivity index (χ0v) is 7.82. The Morgan fingerprint density at radius 1 is 1.36 bits per heavy atom. The standard InChI is InChI=1S/C7H8INO2/c8-4-1-2-6(9)5(3-4)7(10)11/h1-3,7,10-11H,9H2. The van der Waals surface area contributed by atoms with Crippen molar-refractivity contribution in [1.29, 1.82) is 0 Å². The van der Waals surface area contributed by atoms with Crippen LogP contribution >= 0.6 is 22.6 Å². The zero-order valence-electron chi connectivity index (χ0n) is 5.66. The number of hydrogen-bond acceptors (Lipinski definition) is 3. The number of halogens is 1. The molecular weight excluding hydrogens is 257 g/mol. The van der Waals surface area contributed by atoms with Crippen LogP contribution < -0.4 is 5.73 Å². The Labute approximate surface area is 78.0 Å². The van der Waals surface area contributed by atoms with E-state index in [9.17, 15) is 0 Å². The van der Waals surface area contributed by atoms with Crippen molar-refractivity contribution < 1.29 is 10.2 Å². The lowest BCUT2D eigenvalue weighted by Crippen LogP contribution is -2.00. The number of nitrogen functional groups attached to an aromatic ring is 1. The van der Waals surface area contributed by atoms with Crippen LogP contribution in [0.25, 0.3) is 0 Å². The summed E-state index contributed by atoms with van der Waals surface area (Å²) in [6.07, 6.45) is -1.48. The lowest BCUT2D eigenvalue weighted by Gasteiger charge is -2.06. The summed E-state index contributed by atoms with van der Waals surface area (Å²) in [5.74, 6) is 0. The van der Waals surface area contributed by atoms with Crippen molar-refractivity contribution in [1.82, 2.24) is 0 Å². The molecule has 1 aromatic carbocycles. The van der Waals surface area contributed by atoms with Crippen LogP contribution in [0.2, 0.25) is 0 Å². The summed E-state index contributed by atoms with van der Waals surface area (Å²) in [4.78, 5) is 0. The lowest BCUT2D eigenvalue weighted by molar-refractivity contribution is -0.0419. The lowest BCUT2D eigenvalue weighted by atomic mass is 10.2. The van der Waals surface area contributed by atoms with E-state index in [2.05, 4.69) is 22.6 Å². The maximum atomic E-state index is 8.80. The van der Waals surface area contributed by atoms with Crippen molar-refractivity contribution in [2.75, 3.05) is 5.73 Å². The first-order chi connectivity index (χ1) is 5.11. The minimum atomic E-state index is -1.48. The quantitative estimate of drug-likeness (QED) is 0.401. The molecule has 0 amide bonds. The van der Waals surface area contributed by atoms with Gasteiger partial charge in [0.1, 0.15) is 0 Å². The van der Waals surface area contributed by atoms with Crippen molar-refractivity contribution in [3.05, 3.63) is 27.3 Å². The highest BCUT2D eigenvalue weighted by Crippen LogP contribution is 2.20. The van der Waals surface area contributed by atoms with Gasteiger partial charge in [-0.25, -0.2) is 0 Å². The fourth-order valence-electron chi connectivity index (χ4n) is 0.769. The molecule has 1 aromatic rings. The molecule has 60 valence electrons. The van der Waals surface area contributed by atoms with E-state index in [1.165, 1.54) is 0 Å². The van der Waals surface area contributed by atoms with E-state index in [-0.39, 0.29) is 0 Å². The van der Waals surface area contributed by atoms with E-state index in [4.69, 9.17) is 15.9 Å². The summed E-state index contributed by atoms with van der Waals surface area (Å²) in [6, 6.07) is 5.10. The molecule has 11 heavy (non-hydrogen) atoms. The first-order valence-electron chi connectivity index (χ1n) is 3.02. The monoisotopic (exact) mass is 265 g/mol. The number of rotatable bonds is 1. The van der Waals surface area contributed by atoms with Crippen LogP contribution in [0.4, 0.5) is 5.69 Å². The summed E-state index contributed by atoms with van der Waals surface area (Å²) in [6.45, 7) is 0. The molecule has 0 heterocycles. The van der Waals surface area contributed by atoms with Gasteiger partial charge in [-0.3, -0.25) is 0 Å². The van der Waals surface area contributed by atoms with Gasteiger partial charge < -0.3 is 15.9 Å². The van der Waals surface area contributed by atoms with Crippen LogP contribution in [0.3, 0.4) is 0 Å². The van der Waals surface area contributed by atoms with Gasteiger partial charge in [0.05, 0.1) is 0 Å². The largest absolute Gasteiger partial charge is 0.398 e. The maximum Gasteiger partial charge on any atom is 0.180 e. The van der Waals surface area contributed by atoms with Gasteiger partial charge in [-0.2, -0.15) is 0 Å². The van der Waals surface area contributed by atoms with Gasteiger partial charge in [-0.1, -0.05) is 0 Å².